The molecule has 0 bridgehead atoms. The SMILES string of the molecule is C=C/C(OCc1ccccc1)=C(\C=C(/C)CNC1CC1)OCCCOC. The van der Waals surface area contributed by atoms with Crippen molar-refractivity contribution >= 4 is 0 Å². The first-order valence-corrected chi connectivity index (χ1v) is 9.28. The van der Waals surface area contributed by atoms with E-state index in [4.69, 9.17) is 14.2 Å². The molecule has 0 radical (unpaired) electrons. The molecule has 0 unspecified atom stereocenters. The minimum atomic E-state index is 0.486. The predicted octanol–water partition coefficient (Wildman–Crippen LogP) is 4.35. The zero-order chi connectivity index (χ0) is 18.6. The zero-order valence-electron chi connectivity index (χ0n) is 16.0. The van der Waals surface area contributed by atoms with Crippen LogP contribution in [-0.4, -0.2) is 32.9 Å². The van der Waals surface area contributed by atoms with Gasteiger partial charge in [-0.2, -0.15) is 0 Å². The van der Waals surface area contributed by atoms with Gasteiger partial charge in [-0.1, -0.05) is 42.5 Å². The highest BCUT2D eigenvalue weighted by molar-refractivity contribution is 5.27. The third-order valence-corrected chi connectivity index (χ3v) is 4.04. The number of allylic oxidation sites excluding steroid dienone is 2. The van der Waals surface area contributed by atoms with Crippen LogP contribution >= 0.6 is 0 Å². The molecule has 1 aliphatic carbocycles. The van der Waals surface area contributed by atoms with Gasteiger partial charge in [0.05, 0.1) is 6.61 Å². The molecule has 1 N–H and O–H groups in total. The molecule has 1 fully saturated rings. The lowest BCUT2D eigenvalue weighted by atomic mass is 10.2. The average Bonchev–Trinajstić information content (AvgIpc) is 3.49. The van der Waals surface area contributed by atoms with Crippen LogP contribution in [0.25, 0.3) is 0 Å². The highest BCUT2D eigenvalue weighted by atomic mass is 16.5. The van der Waals surface area contributed by atoms with Crippen LogP contribution in [0.15, 0.2) is 66.2 Å². The molecular weight excluding hydrogens is 326 g/mol. The van der Waals surface area contributed by atoms with Gasteiger partial charge >= 0.3 is 0 Å². The third-order valence-electron chi connectivity index (χ3n) is 4.04. The van der Waals surface area contributed by atoms with E-state index in [0.717, 1.165) is 24.3 Å². The van der Waals surface area contributed by atoms with Crippen molar-refractivity contribution in [2.45, 2.75) is 38.8 Å². The molecule has 26 heavy (non-hydrogen) atoms. The Bertz CT molecular complexity index is 603. The summed E-state index contributed by atoms with van der Waals surface area (Å²) in [5, 5.41) is 3.52. The van der Waals surface area contributed by atoms with Crippen molar-refractivity contribution in [2.75, 3.05) is 26.9 Å². The highest BCUT2D eigenvalue weighted by Gasteiger charge is 2.20. The molecule has 0 atom stereocenters. The van der Waals surface area contributed by atoms with Crippen LogP contribution in [0.5, 0.6) is 0 Å². The van der Waals surface area contributed by atoms with Crippen LogP contribution < -0.4 is 5.32 Å². The van der Waals surface area contributed by atoms with Crippen LogP contribution in [0.3, 0.4) is 0 Å². The van der Waals surface area contributed by atoms with E-state index in [1.807, 2.05) is 36.4 Å². The largest absolute Gasteiger partial charge is 0.490 e. The van der Waals surface area contributed by atoms with Crippen LogP contribution in [0.1, 0.15) is 31.7 Å². The first kappa shape index (κ1) is 20.3. The molecule has 1 aromatic rings. The van der Waals surface area contributed by atoms with E-state index in [9.17, 15) is 0 Å². The fourth-order valence-electron chi connectivity index (χ4n) is 2.40. The van der Waals surface area contributed by atoms with E-state index in [-0.39, 0.29) is 0 Å². The normalized spacial score (nSPS) is 15.4. The maximum atomic E-state index is 5.98. The minimum absolute atomic E-state index is 0.486. The van der Waals surface area contributed by atoms with Crippen LogP contribution in [0.4, 0.5) is 0 Å². The Morgan fingerprint density at radius 2 is 1.92 bits per heavy atom. The fourth-order valence-corrected chi connectivity index (χ4v) is 2.40. The number of hydrogen-bond acceptors (Lipinski definition) is 4. The second-order valence-electron chi connectivity index (χ2n) is 6.55. The monoisotopic (exact) mass is 357 g/mol. The van der Waals surface area contributed by atoms with Gasteiger partial charge in [-0.25, -0.2) is 0 Å². The van der Waals surface area contributed by atoms with Gasteiger partial charge in [0.15, 0.2) is 11.5 Å². The number of ether oxygens (including phenoxy) is 3. The van der Waals surface area contributed by atoms with Gasteiger partial charge in [0.25, 0.3) is 0 Å². The topological polar surface area (TPSA) is 39.7 Å². The Kier molecular flexibility index (Phi) is 9.01. The lowest BCUT2D eigenvalue weighted by Gasteiger charge is -2.14. The zero-order valence-corrected chi connectivity index (χ0v) is 16.0. The summed E-state index contributed by atoms with van der Waals surface area (Å²) in [5.41, 5.74) is 2.32. The van der Waals surface area contributed by atoms with E-state index in [1.165, 1.54) is 18.4 Å². The van der Waals surface area contributed by atoms with Crippen LogP contribution in [0, 0.1) is 0 Å². The maximum absolute atomic E-state index is 5.98. The molecular formula is C22H31NO3. The lowest BCUT2D eigenvalue weighted by Crippen LogP contribution is -2.18. The van der Waals surface area contributed by atoms with Gasteiger partial charge in [-0.3, -0.25) is 0 Å². The Balaban J connectivity index is 2.03. The summed E-state index contributed by atoms with van der Waals surface area (Å²) >= 11 is 0. The standard InChI is InChI=1S/C22H31NO3/c1-4-21(26-17-19-9-6-5-7-10-19)22(25-14-8-13-24-3)15-18(2)16-23-20-11-12-20/h4-7,9-10,15,20,23H,1,8,11-14,16-17H2,2-3H3/b18-15+,22-21-. The van der Waals surface area contributed by atoms with E-state index in [2.05, 4.69) is 18.8 Å². The number of hydrogen-bond donors (Lipinski definition) is 1. The Morgan fingerprint density at radius 1 is 1.15 bits per heavy atom. The van der Waals surface area contributed by atoms with E-state index >= 15 is 0 Å². The van der Waals surface area contributed by atoms with Crippen molar-refractivity contribution in [3.05, 3.63) is 71.7 Å². The van der Waals surface area contributed by atoms with Gasteiger partial charge in [-0.15, -0.1) is 0 Å². The Morgan fingerprint density at radius 3 is 2.58 bits per heavy atom. The molecule has 142 valence electrons. The van der Waals surface area contributed by atoms with E-state index in [0.29, 0.717) is 31.6 Å². The molecule has 0 aliphatic heterocycles. The Hall–Kier alpha value is -2.04. The highest BCUT2D eigenvalue weighted by Crippen LogP contribution is 2.20. The van der Waals surface area contributed by atoms with Crippen molar-refractivity contribution in [2.24, 2.45) is 0 Å². The number of methoxy groups -OCH3 is 1. The van der Waals surface area contributed by atoms with Crippen molar-refractivity contribution in [3.63, 3.8) is 0 Å². The summed E-state index contributed by atoms with van der Waals surface area (Å²) < 4.78 is 17.0. The summed E-state index contributed by atoms with van der Waals surface area (Å²) in [6.07, 6.45) is 7.15. The summed E-state index contributed by atoms with van der Waals surface area (Å²) in [6, 6.07) is 10.8. The Labute approximate surface area is 157 Å². The number of nitrogens with one attached hydrogen (secondary N) is 1. The van der Waals surface area contributed by atoms with Crippen molar-refractivity contribution in [1.29, 1.82) is 0 Å². The fraction of sp³-hybridized carbons (Fsp3) is 0.455. The van der Waals surface area contributed by atoms with Gasteiger partial charge in [0, 0.05) is 32.7 Å². The molecule has 1 saturated carbocycles. The molecule has 0 saturated heterocycles. The molecule has 1 aromatic carbocycles. The lowest BCUT2D eigenvalue weighted by molar-refractivity contribution is 0.132. The van der Waals surface area contributed by atoms with E-state index < -0.39 is 0 Å². The molecule has 1 aliphatic rings. The summed E-state index contributed by atoms with van der Waals surface area (Å²) in [4.78, 5) is 0. The van der Waals surface area contributed by atoms with Crippen LogP contribution in [-0.2, 0) is 20.8 Å². The molecule has 0 heterocycles. The smallest absolute Gasteiger partial charge is 0.161 e. The molecule has 0 amide bonds. The quantitative estimate of drug-likeness (QED) is 0.324. The summed E-state index contributed by atoms with van der Waals surface area (Å²) in [5.74, 6) is 1.39. The first-order chi connectivity index (χ1) is 12.7. The van der Waals surface area contributed by atoms with Gasteiger partial charge in [0.2, 0.25) is 0 Å². The average molecular weight is 357 g/mol. The molecule has 0 aromatic heterocycles. The third kappa shape index (κ3) is 7.89. The van der Waals surface area contributed by atoms with Gasteiger partial charge in [0.1, 0.15) is 6.61 Å². The summed E-state index contributed by atoms with van der Waals surface area (Å²) in [6.45, 7) is 8.60. The maximum Gasteiger partial charge on any atom is 0.161 e. The first-order valence-electron chi connectivity index (χ1n) is 9.28. The molecule has 2 rings (SSSR count). The number of benzene rings is 1. The number of rotatable bonds is 13. The molecule has 4 heteroatoms. The molecule has 0 spiro atoms. The van der Waals surface area contributed by atoms with Gasteiger partial charge in [-0.05, 0) is 37.5 Å². The summed E-state index contributed by atoms with van der Waals surface area (Å²) in [7, 11) is 1.70. The molecule has 4 nitrogen and oxygen atoms in total. The van der Waals surface area contributed by atoms with Gasteiger partial charge < -0.3 is 19.5 Å². The second-order valence-corrected chi connectivity index (χ2v) is 6.55. The predicted molar refractivity (Wildman–Crippen MR) is 106 cm³/mol. The van der Waals surface area contributed by atoms with Crippen molar-refractivity contribution in [3.8, 4) is 0 Å². The van der Waals surface area contributed by atoms with Crippen LogP contribution in [0.2, 0.25) is 0 Å². The van der Waals surface area contributed by atoms with E-state index in [1.54, 1.807) is 13.2 Å². The van der Waals surface area contributed by atoms with Crippen molar-refractivity contribution in [1.82, 2.24) is 5.32 Å². The minimum Gasteiger partial charge on any atom is -0.490 e. The second kappa shape index (κ2) is 11.6. The van der Waals surface area contributed by atoms with Crippen molar-refractivity contribution < 1.29 is 14.2 Å².